The van der Waals surface area contributed by atoms with Gasteiger partial charge in [-0.05, 0) is 32.9 Å². The molecular weight excluding hydrogens is 310 g/mol. The zero-order valence-corrected chi connectivity index (χ0v) is 14.4. The number of nitrogens with one attached hydrogen (secondary N) is 1. The van der Waals surface area contributed by atoms with Crippen LogP contribution in [0.15, 0.2) is 30.3 Å². The molecule has 0 radical (unpaired) electrons. The van der Waals surface area contributed by atoms with Crippen molar-refractivity contribution in [2.45, 2.75) is 37.8 Å². The number of benzene rings is 1. The van der Waals surface area contributed by atoms with Crippen LogP contribution < -0.4 is 10.1 Å². The topological polar surface area (TPSA) is 56.2 Å². The summed E-state index contributed by atoms with van der Waals surface area (Å²) in [6.07, 6.45) is 0. The van der Waals surface area contributed by atoms with Gasteiger partial charge in [-0.15, -0.1) is 0 Å². The van der Waals surface area contributed by atoms with Crippen LogP contribution in [0.3, 0.4) is 0 Å². The molecule has 2 aromatic rings. The molecule has 1 aromatic heterocycles. The van der Waals surface area contributed by atoms with E-state index in [-0.39, 0.29) is 18.1 Å². The lowest BCUT2D eigenvalue weighted by Crippen LogP contribution is -2.29. The number of anilines is 1. The summed E-state index contributed by atoms with van der Waals surface area (Å²) >= 11 is 1.82. The summed E-state index contributed by atoms with van der Waals surface area (Å²) in [6.45, 7) is 6.23. The van der Waals surface area contributed by atoms with Crippen molar-refractivity contribution < 1.29 is 9.53 Å². The van der Waals surface area contributed by atoms with Gasteiger partial charge in [0.15, 0.2) is 6.61 Å². The second-order valence-electron chi connectivity index (χ2n) is 6.50. The van der Waals surface area contributed by atoms with Crippen LogP contribution in [0, 0.1) is 0 Å². The second kappa shape index (κ2) is 6.28. The molecule has 1 aliphatic rings. The van der Waals surface area contributed by atoms with Gasteiger partial charge in [-0.25, -0.2) is 4.68 Å². The summed E-state index contributed by atoms with van der Waals surface area (Å²) in [5.41, 5.74) is 2.03. The van der Waals surface area contributed by atoms with Crippen molar-refractivity contribution >= 4 is 23.5 Å². The van der Waals surface area contributed by atoms with Crippen LogP contribution in [0.25, 0.3) is 0 Å². The molecule has 1 amide bonds. The maximum absolute atomic E-state index is 12.3. The molecule has 2 heterocycles. The molecule has 1 N–H and O–H groups in total. The third-order valence-electron chi connectivity index (χ3n) is 3.56. The number of rotatable bonds is 4. The third-order valence-corrected chi connectivity index (χ3v) is 4.53. The van der Waals surface area contributed by atoms with Crippen molar-refractivity contribution in [3.05, 3.63) is 41.6 Å². The molecule has 0 bridgehead atoms. The van der Waals surface area contributed by atoms with E-state index in [4.69, 9.17) is 4.74 Å². The number of para-hydroxylation sites is 1. The standard InChI is InChI=1S/C17H21N3O2S/c1-17(2,3)20-16(13-10-23-11-14(13)19-20)18-15(21)9-22-12-7-5-4-6-8-12/h4-8H,9-11H2,1-3H3,(H,18,21). The first-order chi connectivity index (χ1) is 10.9. The molecule has 23 heavy (non-hydrogen) atoms. The van der Waals surface area contributed by atoms with Crippen molar-refractivity contribution in [1.82, 2.24) is 9.78 Å². The van der Waals surface area contributed by atoms with Crippen LogP contribution in [-0.4, -0.2) is 22.3 Å². The van der Waals surface area contributed by atoms with Gasteiger partial charge >= 0.3 is 0 Å². The second-order valence-corrected chi connectivity index (χ2v) is 7.48. The number of carbonyl (C=O) groups is 1. The van der Waals surface area contributed by atoms with E-state index >= 15 is 0 Å². The minimum absolute atomic E-state index is 0.0126. The summed E-state index contributed by atoms with van der Waals surface area (Å²) in [7, 11) is 0. The molecule has 0 unspecified atom stereocenters. The lowest BCUT2D eigenvalue weighted by molar-refractivity contribution is -0.118. The fraction of sp³-hybridized carbons (Fsp3) is 0.412. The Morgan fingerprint density at radius 2 is 2.04 bits per heavy atom. The number of aromatic nitrogens is 2. The normalized spacial score (nSPS) is 13.7. The van der Waals surface area contributed by atoms with Gasteiger partial charge in [0.2, 0.25) is 0 Å². The van der Waals surface area contributed by atoms with Crippen molar-refractivity contribution in [2.75, 3.05) is 11.9 Å². The van der Waals surface area contributed by atoms with E-state index in [1.165, 1.54) is 0 Å². The first kappa shape index (κ1) is 15.9. The molecule has 6 heteroatoms. The van der Waals surface area contributed by atoms with Crippen molar-refractivity contribution in [3.8, 4) is 5.75 Å². The molecule has 1 aliphatic heterocycles. The zero-order chi connectivity index (χ0) is 16.4. The summed E-state index contributed by atoms with van der Waals surface area (Å²) in [5.74, 6) is 3.12. The fourth-order valence-corrected chi connectivity index (χ4v) is 3.50. The highest BCUT2D eigenvalue weighted by Crippen LogP contribution is 2.37. The molecule has 0 aliphatic carbocycles. The van der Waals surface area contributed by atoms with Gasteiger partial charge in [-0.3, -0.25) is 4.79 Å². The number of ether oxygens (including phenoxy) is 1. The van der Waals surface area contributed by atoms with Crippen LogP contribution >= 0.6 is 11.8 Å². The first-order valence-corrected chi connectivity index (χ1v) is 8.77. The average molecular weight is 331 g/mol. The van der Waals surface area contributed by atoms with Gasteiger partial charge in [0.1, 0.15) is 11.6 Å². The van der Waals surface area contributed by atoms with Crippen molar-refractivity contribution in [2.24, 2.45) is 0 Å². The van der Waals surface area contributed by atoms with E-state index < -0.39 is 0 Å². The summed E-state index contributed by atoms with van der Waals surface area (Å²) < 4.78 is 7.43. The highest BCUT2D eigenvalue weighted by atomic mass is 32.2. The first-order valence-electron chi connectivity index (χ1n) is 7.62. The largest absolute Gasteiger partial charge is 0.484 e. The number of hydrogen-bond acceptors (Lipinski definition) is 4. The molecule has 3 rings (SSSR count). The Bertz CT molecular complexity index is 705. The van der Waals surface area contributed by atoms with Gasteiger partial charge in [0, 0.05) is 17.1 Å². The molecule has 0 atom stereocenters. The van der Waals surface area contributed by atoms with Crippen molar-refractivity contribution in [3.63, 3.8) is 0 Å². The Morgan fingerprint density at radius 1 is 1.30 bits per heavy atom. The molecule has 0 spiro atoms. The smallest absolute Gasteiger partial charge is 0.263 e. The molecule has 0 saturated carbocycles. The van der Waals surface area contributed by atoms with Gasteiger partial charge in [0.25, 0.3) is 5.91 Å². The maximum atomic E-state index is 12.3. The predicted molar refractivity (Wildman–Crippen MR) is 92.8 cm³/mol. The van der Waals surface area contributed by atoms with Crippen LogP contribution in [0.2, 0.25) is 0 Å². The number of amides is 1. The Labute approximate surface area is 140 Å². The highest BCUT2D eigenvalue weighted by molar-refractivity contribution is 7.98. The summed E-state index contributed by atoms with van der Waals surface area (Å²) in [6, 6.07) is 9.34. The van der Waals surface area contributed by atoms with Gasteiger partial charge in [-0.1, -0.05) is 18.2 Å². The van der Waals surface area contributed by atoms with Crippen LogP contribution in [0.5, 0.6) is 5.75 Å². The Morgan fingerprint density at radius 3 is 2.74 bits per heavy atom. The average Bonchev–Trinajstić information content (AvgIpc) is 3.08. The minimum Gasteiger partial charge on any atom is -0.484 e. The Hall–Kier alpha value is -1.95. The van der Waals surface area contributed by atoms with E-state index in [0.717, 1.165) is 28.6 Å². The van der Waals surface area contributed by atoms with Crippen LogP contribution in [0.1, 0.15) is 32.0 Å². The predicted octanol–water partition coefficient (Wildman–Crippen LogP) is 3.40. The van der Waals surface area contributed by atoms with E-state index in [2.05, 4.69) is 31.2 Å². The quantitative estimate of drug-likeness (QED) is 0.933. The fourth-order valence-electron chi connectivity index (χ4n) is 2.46. The molecule has 0 saturated heterocycles. The van der Waals surface area contributed by atoms with Crippen LogP contribution in [-0.2, 0) is 21.8 Å². The number of nitrogens with zero attached hydrogens (tertiary/aromatic N) is 2. The number of fused-ring (bicyclic) bond motifs is 1. The zero-order valence-electron chi connectivity index (χ0n) is 13.6. The molecular formula is C17H21N3O2S. The number of carbonyl (C=O) groups excluding carboxylic acids is 1. The number of hydrogen-bond donors (Lipinski definition) is 1. The van der Waals surface area contributed by atoms with E-state index in [0.29, 0.717) is 5.75 Å². The summed E-state index contributed by atoms with van der Waals surface area (Å²) in [5, 5.41) is 7.66. The van der Waals surface area contributed by atoms with E-state index in [1.54, 1.807) is 0 Å². The molecule has 5 nitrogen and oxygen atoms in total. The van der Waals surface area contributed by atoms with Gasteiger partial charge in [-0.2, -0.15) is 16.9 Å². The monoisotopic (exact) mass is 331 g/mol. The van der Waals surface area contributed by atoms with Gasteiger partial charge in [0.05, 0.1) is 11.2 Å². The third kappa shape index (κ3) is 3.52. The SMILES string of the molecule is CC(C)(C)n1nc2c(c1NC(=O)COc1ccccc1)CSC2. The summed E-state index contributed by atoms with van der Waals surface area (Å²) in [4.78, 5) is 12.3. The van der Waals surface area contributed by atoms with E-state index in [9.17, 15) is 4.79 Å². The lowest BCUT2D eigenvalue weighted by Gasteiger charge is -2.23. The number of thioether (sulfide) groups is 1. The van der Waals surface area contributed by atoms with Crippen LogP contribution in [0.4, 0.5) is 5.82 Å². The Balaban J connectivity index is 1.73. The maximum Gasteiger partial charge on any atom is 0.263 e. The highest BCUT2D eigenvalue weighted by Gasteiger charge is 2.28. The minimum atomic E-state index is -0.183. The lowest BCUT2D eigenvalue weighted by atomic mass is 10.1. The molecule has 1 aromatic carbocycles. The molecule has 0 fully saturated rings. The van der Waals surface area contributed by atoms with Gasteiger partial charge < -0.3 is 10.1 Å². The van der Waals surface area contributed by atoms with E-state index in [1.807, 2.05) is 46.8 Å². The van der Waals surface area contributed by atoms with Crippen molar-refractivity contribution in [1.29, 1.82) is 0 Å². The Kier molecular flexibility index (Phi) is 4.35. The molecule has 122 valence electrons.